The number of thiazole rings is 1. The van der Waals surface area contributed by atoms with Gasteiger partial charge in [0, 0.05) is 16.1 Å². The number of esters is 1. The Hall–Kier alpha value is -2.10. The molecular weight excluding hydrogens is 422 g/mol. The van der Waals surface area contributed by atoms with Crippen LogP contribution in [0.15, 0.2) is 23.6 Å². The smallest absolute Gasteiger partial charge is 0.311 e. The summed E-state index contributed by atoms with van der Waals surface area (Å²) in [6.07, 6.45) is 0.0687. The second-order valence-electron chi connectivity index (χ2n) is 5.67. The number of amides is 2. The zero-order valence-corrected chi connectivity index (χ0v) is 17.8. The van der Waals surface area contributed by atoms with Gasteiger partial charge in [0.25, 0.3) is 0 Å². The molecule has 0 radical (unpaired) electrons. The van der Waals surface area contributed by atoms with Gasteiger partial charge in [-0.25, -0.2) is 4.98 Å². The SMILES string of the molecule is CCOC(=O)Cc1csc(NC(=O)CSCC(=O)Nc2ccc(Cl)cc2C)n1. The van der Waals surface area contributed by atoms with E-state index in [1.165, 1.54) is 23.1 Å². The molecule has 0 saturated heterocycles. The average Bonchev–Trinajstić information content (AvgIpc) is 3.04. The monoisotopic (exact) mass is 441 g/mol. The lowest BCUT2D eigenvalue weighted by atomic mass is 10.2. The minimum Gasteiger partial charge on any atom is -0.466 e. The first-order valence-electron chi connectivity index (χ1n) is 8.41. The number of halogens is 1. The molecule has 0 saturated carbocycles. The first-order chi connectivity index (χ1) is 13.4. The molecule has 1 heterocycles. The zero-order valence-electron chi connectivity index (χ0n) is 15.4. The van der Waals surface area contributed by atoms with Gasteiger partial charge < -0.3 is 15.4 Å². The predicted octanol–water partition coefficient (Wildman–Crippen LogP) is 3.52. The summed E-state index contributed by atoms with van der Waals surface area (Å²) in [6, 6.07) is 5.21. The van der Waals surface area contributed by atoms with E-state index in [1.807, 2.05) is 6.92 Å². The van der Waals surface area contributed by atoms with Gasteiger partial charge >= 0.3 is 5.97 Å². The maximum absolute atomic E-state index is 12.0. The molecule has 0 aliphatic carbocycles. The van der Waals surface area contributed by atoms with Gasteiger partial charge in [-0.05, 0) is 37.6 Å². The largest absolute Gasteiger partial charge is 0.466 e. The quantitative estimate of drug-likeness (QED) is 0.578. The Bertz CT molecular complexity index is 857. The van der Waals surface area contributed by atoms with Crippen LogP contribution in [0.25, 0.3) is 0 Å². The lowest BCUT2D eigenvalue weighted by Gasteiger charge is -2.08. The molecule has 2 aromatic rings. The van der Waals surface area contributed by atoms with E-state index < -0.39 is 0 Å². The van der Waals surface area contributed by atoms with Crippen molar-refractivity contribution in [3.63, 3.8) is 0 Å². The van der Waals surface area contributed by atoms with Gasteiger partial charge in [-0.3, -0.25) is 14.4 Å². The predicted molar refractivity (Wildman–Crippen MR) is 113 cm³/mol. The van der Waals surface area contributed by atoms with Gasteiger partial charge in [0.2, 0.25) is 11.8 Å². The van der Waals surface area contributed by atoms with Gasteiger partial charge in [0.15, 0.2) is 5.13 Å². The number of aryl methyl sites for hydroxylation is 1. The number of nitrogens with one attached hydrogen (secondary N) is 2. The van der Waals surface area contributed by atoms with Crippen molar-refractivity contribution in [3.05, 3.63) is 39.9 Å². The van der Waals surface area contributed by atoms with E-state index in [1.54, 1.807) is 30.5 Å². The van der Waals surface area contributed by atoms with Crippen LogP contribution in [0.5, 0.6) is 0 Å². The number of anilines is 2. The first kappa shape index (κ1) is 22.2. The molecule has 1 aromatic heterocycles. The number of benzene rings is 1. The Balaban J connectivity index is 1.71. The molecule has 0 spiro atoms. The van der Waals surface area contributed by atoms with Crippen LogP contribution in [0.4, 0.5) is 10.8 Å². The molecule has 7 nitrogen and oxygen atoms in total. The number of rotatable bonds is 9. The van der Waals surface area contributed by atoms with E-state index >= 15 is 0 Å². The van der Waals surface area contributed by atoms with Crippen LogP contribution in [-0.2, 0) is 25.5 Å². The fourth-order valence-corrected chi connectivity index (χ4v) is 3.72. The van der Waals surface area contributed by atoms with Gasteiger partial charge in [0.1, 0.15) is 0 Å². The second-order valence-corrected chi connectivity index (χ2v) is 7.95. The molecule has 10 heteroatoms. The number of nitrogens with zero attached hydrogens (tertiary/aromatic N) is 1. The molecule has 0 aliphatic rings. The molecule has 150 valence electrons. The van der Waals surface area contributed by atoms with Gasteiger partial charge in [0.05, 0.1) is 30.2 Å². The summed E-state index contributed by atoms with van der Waals surface area (Å²) in [4.78, 5) is 39.6. The van der Waals surface area contributed by atoms with Crippen molar-refractivity contribution in [2.45, 2.75) is 20.3 Å². The summed E-state index contributed by atoms with van der Waals surface area (Å²) in [6.45, 7) is 3.90. The van der Waals surface area contributed by atoms with Crippen LogP contribution in [0.2, 0.25) is 5.02 Å². The number of carbonyl (C=O) groups is 3. The van der Waals surface area contributed by atoms with Crippen LogP contribution in [0.3, 0.4) is 0 Å². The number of carbonyl (C=O) groups excluding carboxylic acids is 3. The average molecular weight is 442 g/mol. The number of hydrogen-bond donors (Lipinski definition) is 2. The summed E-state index contributed by atoms with van der Waals surface area (Å²) in [5.74, 6) is -0.573. The fourth-order valence-electron chi connectivity index (χ4n) is 2.15. The van der Waals surface area contributed by atoms with Gasteiger partial charge in [-0.2, -0.15) is 0 Å². The highest BCUT2D eigenvalue weighted by atomic mass is 35.5. The third-order valence-corrected chi connectivity index (χ3v) is 5.33. The van der Waals surface area contributed by atoms with E-state index in [2.05, 4.69) is 15.6 Å². The van der Waals surface area contributed by atoms with Crippen LogP contribution in [-0.4, -0.2) is 40.9 Å². The first-order valence-corrected chi connectivity index (χ1v) is 10.8. The zero-order chi connectivity index (χ0) is 20.5. The normalized spacial score (nSPS) is 10.4. The van der Waals surface area contributed by atoms with Crippen molar-refractivity contribution >= 4 is 63.3 Å². The highest BCUT2D eigenvalue weighted by molar-refractivity contribution is 8.00. The molecule has 0 unspecified atom stereocenters. The number of aromatic nitrogens is 1. The maximum Gasteiger partial charge on any atom is 0.311 e. The summed E-state index contributed by atoms with van der Waals surface area (Å²) < 4.78 is 4.86. The molecule has 28 heavy (non-hydrogen) atoms. The number of thioether (sulfide) groups is 1. The lowest BCUT2D eigenvalue weighted by molar-refractivity contribution is -0.142. The Morgan fingerprint density at radius 3 is 2.61 bits per heavy atom. The molecular formula is C18H20ClN3O4S2. The summed E-state index contributed by atoms with van der Waals surface area (Å²) in [5.41, 5.74) is 2.10. The maximum atomic E-state index is 12.0. The van der Waals surface area contributed by atoms with Crippen LogP contribution >= 0.6 is 34.7 Å². The van der Waals surface area contributed by atoms with Crippen molar-refractivity contribution in [2.75, 3.05) is 28.7 Å². The highest BCUT2D eigenvalue weighted by Gasteiger charge is 2.12. The third kappa shape index (κ3) is 7.49. The Labute approximate surface area is 176 Å². The van der Waals surface area contributed by atoms with Crippen molar-refractivity contribution in [3.8, 4) is 0 Å². The van der Waals surface area contributed by atoms with Crippen molar-refractivity contribution in [2.24, 2.45) is 0 Å². The minimum atomic E-state index is -0.358. The molecule has 0 atom stereocenters. The van der Waals surface area contributed by atoms with Crippen LogP contribution < -0.4 is 10.6 Å². The van der Waals surface area contributed by atoms with Crippen LogP contribution in [0, 0.1) is 6.92 Å². The third-order valence-electron chi connectivity index (χ3n) is 3.36. The lowest BCUT2D eigenvalue weighted by Crippen LogP contribution is -2.18. The second kappa shape index (κ2) is 11.0. The summed E-state index contributed by atoms with van der Waals surface area (Å²) in [5, 5.41) is 8.15. The summed E-state index contributed by atoms with van der Waals surface area (Å²) in [7, 11) is 0. The standard InChI is InChI=1S/C18H20ClN3O4S2/c1-3-26-17(25)7-13-8-28-18(20-13)22-16(24)10-27-9-15(23)21-14-5-4-12(19)6-11(14)2/h4-6,8H,3,7,9-10H2,1-2H3,(H,21,23)(H,20,22,24). The molecule has 0 aliphatic heterocycles. The molecule has 1 aromatic carbocycles. The van der Waals surface area contributed by atoms with Crippen molar-refractivity contribution < 1.29 is 19.1 Å². The van der Waals surface area contributed by atoms with Crippen molar-refractivity contribution in [1.29, 1.82) is 0 Å². The van der Waals surface area contributed by atoms with E-state index in [9.17, 15) is 14.4 Å². The van der Waals surface area contributed by atoms with E-state index in [4.69, 9.17) is 16.3 Å². The molecule has 2 amide bonds. The number of hydrogen-bond acceptors (Lipinski definition) is 7. The van der Waals surface area contributed by atoms with Gasteiger partial charge in [-0.1, -0.05) is 11.6 Å². The van der Waals surface area contributed by atoms with E-state index in [-0.39, 0.29) is 35.7 Å². The molecule has 0 fully saturated rings. The van der Waals surface area contributed by atoms with Crippen molar-refractivity contribution in [1.82, 2.24) is 4.98 Å². The minimum absolute atomic E-state index is 0.0687. The number of ether oxygens (including phenoxy) is 1. The van der Waals surface area contributed by atoms with Crippen LogP contribution in [0.1, 0.15) is 18.2 Å². The molecule has 0 bridgehead atoms. The molecule has 2 N–H and O–H groups in total. The van der Waals surface area contributed by atoms with Gasteiger partial charge in [-0.15, -0.1) is 23.1 Å². The highest BCUT2D eigenvalue weighted by Crippen LogP contribution is 2.20. The van der Waals surface area contributed by atoms with E-state index in [0.717, 1.165) is 5.56 Å². The topological polar surface area (TPSA) is 97.4 Å². The Kier molecular flexibility index (Phi) is 8.75. The molecule has 2 rings (SSSR count). The summed E-state index contributed by atoms with van der Waals surface area (Å²) >= 11 is 8.32. The fraction of sp³-hybridized carbons (Fsp3) is 0.333. The Morgan fingerprint density at radius 1 is 1.21 bits per heavy atom. The van der Waals surface area contributed by atoms with E-state index in [0.29, 0.717) is 28.1 Å². The Morgan fingerprint density at radius 2 is 1.93 bits per heavy atom.